The summed E-state index contributed by atoms with van der Waals surface area (Å²) in [5.74, 6) is 1.82. The number of amidine groups is 1. The van der Waals surface area contributed by atoms with E-state index in [-0.39, 0.29) is 11.9 Å². The molecule has 0 bridgehead atoms. The van der Waals surface area contributed by atoms with Crippen molar-refractivity contribution in [1.29, 1.82) is 10.7 Å². The first-order chi connectivity index (χ1) is 15.5. The second-order valence-electron chi connectivity index (χ2n) is 7.25. The summed E-state index contributed by atoms with van der Waals surface area (Å²) in [7, 11) is 3.21. The zero-order valence-electron chi connectivity index (χ0n) is 18.0. The Labute approximate surface area is 186 Å². The lowest BCUT2D eigenvalue weighted by atomic mass is 10.0. The van der Waals surface area contributed by atoms with Crippen molar-refractivity contribution < 1.29 is 14.3 Å². The zero-order chi connectivity index (χ0) is 22.8. The van der Waals surface area contributed by atoms with Crippen LogP contribution in [0.1, 0.15) is 18.1 Å². The number of likely N-dealkylation sites (N-methyl/N-ethyl adjacent to an activating group) is 2. The van der Waals surface area contributed by atoms with Crippen LogP contribution in [0, 0.1) is 16.7 Å². The van der Waals surface area contributed by atoms with Gasteiger partial charge < -0.3 is 9.47 Å². The third-order valence-corrected chi connectivity index (χ3v) is 5.42. The third-order valence-electron chi connectivity index (χ3n) is 5.42. The Morgan fingerprint density at radius 1 is 1.06 bits per heavy atom. The standard InChI is InChI=1S/C25H22N4O3/c1-4-29-24(27)20(28(2)25(29)30)13-16-9-11-22(23(14-16)31-3)32-21-12-10-17(15-26)18-7-5-6-8-19(18)21/h5-14,27H,4H2,1-3H3. The van der Waals surface area contributed by atoms with Crippen molar-refractivity contribution >= 4 is 28.7 Å². The van der Waals surface area contributed by atoms with Crippen molar-refractivity contribution in [1.82, 2.24) is 9.80 Å². The van der Waals surface area contributed by atoms with Crippen LogP contribution in [-0.4, -0.2) is 42.4 Å². The summed E-state index contributed by atoms with van der Waals surface area (Å²) in [6.45, 7) is 2.28. The molecule has 3 aromatic rings. The van der Waals surface area contributed by atoms with E-state index in [1.807, 2.05) is 37.3 Å². The van der Waals surface area contributed by atoms with Gasteiger partial charge in [0.2, 0.25) is 0 Å². The highest BCUT2D eigenvalue weighted by Crippen LogP contribution is 2.37. The lowest BCUT2D eigenvalue weighted by Gasteiger charge is -2.14. The largest absolute Gasteiger partial charge is 0.493 e. The van der Waals surface area contributed by atoms with Crippen LogP contribution in [0.25, 0.3) is 16.8 Å². The molecule has 1 aliphatic rings. The van der Waals surface area contributed by atoms with Gasteiger partial charge in [-0.1, -0.05) is 30.3 Å². The molecule has 1 saturated heterocycles. The summed E-state index contributed by atoms with van der Waals surface area (Å²) in [6.07, 6.45) is 1.78. The summed E-state index contributed by atoms with van der Waals surface area (Å²) in [4.78, 5) is 15.2. The number of hydrogen-bond acceptors (Lipinski definition) is 5. The van der Waals surface area contributed by atoms with Crippen molar-refractivity contribution in [3.63, 3.8) is 0 Å². The number of nitriles is 1. The van der Waals surface area contributed by atoms with Gasteiger partial charge in [-0.15, -0.1) is 0 Å². The highest BCUT2D eigenvalue weighted by molar-refractivity contribution is 6.15. The topological polar surface area (TPSA) is 89.7 Å². The quantitative estimate of drug-likeness (QED) is 0.606. The molecule has 0 aliphatic carbocycles. The van der Waals surface area contributed by atoms with E-state index in [1.165, 1.54) is 9.80 Å². The van der Waals surface area contributed by atoms with Crippen LogP contribution in [0.4, 0.5) is 4.79 Å². The summed E-state index contributed by atoms with van der Waals surface area (Å²) in [5.41, 5.74) is 1.88. The second kappa shape index (κ2) is 8.44. The number of nitrogens with one attached hydrogen (secondary N) is 1. The highest BCUT2D eigenvalue weighted by atomic mass is 16.5. The second-order valence-corrected chi connectivity index (χ2v) is 7.25. The molecule has 32 heavy (non-hydrogen) atoms. The summed E-state index contributed by atoms with van der Waals surface area (Å²) in [5, 5.41) is 19.3. The Morgan fingerprint density at radius 2 is 1.78 bits per heavy atom. The minimum atomic E-state index is -0.219. The molecule has 1 heterocycles. The fourth-order valence-corrected chi connectivity index (χ4v) is 3.73. The molecule has 2 amide bonds. The number of carbonyl (C=O) groups excluding carboxylic acids is 1. The minimum Gasteiger partial charge on any atom is -0.493 e. The van der Waals surface area contributed by atoms with E-state index in [0.29, 0.717) is 35.1 Å². The van der Waals surface area contributed by atoms with Gasteiger partial charge in [0, 0.05) is 24.4 Å². The number of amides is 2. The number of nitrogens with zero attached hydrogens (tertiary/aromatic N) is 3. The number of rotatable bonds is 5. The lowest BCUT2D eigenvalue weighted by Crippen LogP contribution is -2.30. The smallest absolute Gasteiger partial charge is 0.330 e. The van der Waals surface area contributed by atoms with Crippen LogP contribution in [0.2, 0.25) is 0 Å². The number of benzene rings is 3. The molecule has 0 radical (unpaired) electrons. The monoisotopic (exact) mass is 426 g/mol. The summed E-state index contributed by atoms with van der Waals surface area (Å²) in [6, 6.07) is 18.5. The molecule has 1 fully saturated rings. The van der Waals surface area contributed by atoms with Crippen molar-refractivity contribution in [2.24, 2.45) is 0 Å². The fourth-order valence-electron chi connectivity index (χ4n) is 3.73. The van der Waals surface area contributed by atoms with Gasteiger partial charge in [-0.05, 0) is 42.8 Å². The van der Waals surface area contributed by atoms with Crippen molar-refractivity contribution in [2.45, 2.75) is 6.92 Å². The maximum Gasteiger partial charge on any atom is 0.330 e. The molecule has 3 aromatic carbocycles. The SMILES string of the molecule is CCN1C(=N)C(=Cc2ccc(Oc3ccc(C#N)c4ccccc34)c(OC)c2)N(C)C1=O. The predicted molar refractivity (Wildman–Crippen MR) is 123 cm³/mol. The normalized spacial score (nSPS) is 14.9. The molecule has 4 rings (SSSR count). The maximum atomic E-state index is 12.3. The summed E-state index contributed by atoms with van der Waals surface area (Å²) < 4.78 is 11.7. The van der Waals surface area contributed by atoms with Gasteiger partial charge in [-0.3, -0.25) is 15.2 Å². The van der Waals surface area contributed by atoms with E-state index in [2.05, 4.69) is 6.07 Å². The van der Waals surface area contributed by atoms with E-state index in [1.54, 1.807) is 44.5 Å². The van der Waals surface area contributed by atoms with Crippen molar-refractivity contribution in [2.75, 3.05) is 20.7 Å². The van der Waals surface area contributed by atoms with Gasteiger partial charge in [-0.25, -0.2) is 4.79 Å². The Balaban J connectivity index is 1.69. The Morgan fingerprint density at radius 3 is 2.44 bits per heavy atom. The molecule has 7 heteroatoms. The number of ether oxygens (including phenoxy) is 2. The van der Waals surface area contributed by atoms with Crippen LogP contribution >= 0.6 is 0 Å². The summed E-state index contributed by atoms with van der Waals surface area (Å²) >= 11 is 0. The van der Waals surface area contributed by atoms with Crippen molar-refractivity contribution in [3.8, 4) is 23.3 Å². The Hall–Kier alpha value is -4.31. The first kappa shape index (κ1) is 20.9. The Bertz CT molecular complexity index is 1310. The molecule has 1 N–H and O–H groups in total. The number of fused-ring (bicyclic) bond motifs is 1. The molecule has 0 saturated carbocycles. The van der Waals surface area contributed by atoms with E-state index in [0.717, 1.165) is 16.3 Å². The predicted octanol–water partition coefficient (Wildman–Crippen LogP) is 5.22. The van der Waals surface area contributed by atoms with E-state index < -0.39 is 0 Å². The van der Waals surface area contributed by atoms with E-state index in [9.17, 15) is 10.1 Å². The first-order valence-electron chi connectivity index (χ1n) is 10.1. The number of methoxy groups -OCH3 is 1. The average molecular weight is 426 g/mol. The van der Waals surface area contributed by atoms with Gasteiger partial charge in [0.1, 0.15) is 5.75 Å². The zero-order valence-corrected chi connectivity index (χ0v) is 18.0. The van der Waals surface area contributed by atoms with Gasteiger partial charge in [0.05, 0.1) is 24.4 Å². The number of hydrogen-bond donors (Lipinski definition) is 1. The lowest BCUT2D eigenvalue weighted by molar-refractivity contribution is 0.209. The molecule has 0 aromatic heterocycles. The molecule has 0 spiro atoms. The number of urea groups is 1. The van der Waals surface area contributed by atoms with Gasteiger partial charge in [0.15, 0.2) is 17.3 Å². The maximum absolute atomic E-state index is 12.3. The molecule has 0 unspecified atom stereocenters. The highest BCUT2D eigenvalue weighted by Gasteiger charge is 2.34. The molecular weight excluding hydrogens is 404 g/mol. The van der Waals surface area contributed by atoms with Crippen molar-refractivity contribution in [3.05, 3.63) is 71.4 Å². The van der Waals surface area contributed by atoms with Crippen LogP contribution in [0.3, 0.4) is 0 Å². The Kier molecular flexibility index (Phi) is 5.52. The van der Waals surface area contributed by atoms with Gasteiger partial charge >= 0.3 is 6.03 Å². The van der Waals surface area contributed by atoms with Crippen LogP contribution in [0.15, 0.2) is 60.3 Å². The molecule has 7 nitrogen and oxygen atoms in total. The molecule has 0 atom stereocenters. The van der Waals surface area contributed by atoms with Gasteiger partial charge in [-0.2, -0.15) is 5.26 Å². The molecular formula is C25H22N4O3. The number of carbonyl (C=O) groups is 1. The van der Waals surface area contributed by atoms with E-state index in [4.69, 9.17) is 14.9 Å². The minimum absolute atomic E-state index is 0.170. The molecule has 160 valence electrons. The van der Waals surface area contributed by atoms with Crippen LogP contribution in [0.5, 0.6) is 17.2 Å². The van der Waals surface area contributed by atoms with Crippen LogP contribution < -0.4 is 9.47 Å². The fraction of sp³-hybridized carbons (Fsp3) is 0.160. The van der Waals surface area contributed by atoms with E-state index >= 15 is 0 Å². The van der Waals surface area contributed by atoms with Gasteiger partial charge in [0.25, 0.3) is 0 Å². The van der Waals surface area contributed by atoms with Crippen LogP contribution in [-0.2, 0) is 0 Å². The molecule has 1 aliphatic heterocycles. The third kappa shape index (κ3) is 3.52. The first-order valence-corrected chi connectivity index (χ1v) is 10.1. The average Bonchev–Trinajstić information content (AvgIpc) is 3.02.